The van der Waals surface area contributed by atoms with Crippen LogP contribution in [0.2, 0.25) is 0 Å². The van der Waals surface area contributed by atoms with Crippen LogP contribution in [-0.4, -0.2) is 11.4 Å². The molecule has 0 spiro atoms. The molecule has 3 heteroatoms. The lowest BCUT2D eigenvalue weighted by Gasteiger charge is -2.15. The highest BCUT2D eigenvalue weighted by Crippen LogP contribution is 2.10. The molecule has 0 aromatic rings. The average molecular weight is 227 g/mol. The van der Waals surface area contributed by atoms with Crippen molar-refractivity contribution in [1.29, 1.82) is 0 Å². The van der Waals surface area contributed by atoms with E-state index >= 15 is 0 Å². The largest absolute Gasteiger partial charge is 0.312 e. The van der Waals surface area contributed by atoms with Crippen molar-refractivity contribution in [1.82, 2.24) is 5.43 Å². The molecule has 3 nitrogen and oxygen atoms in total. The van der Waals surface area contributed by atoms with Crippen LogP contribution in [0, 0.1) is 0 Å². The molecule has 0 amide bonds. The molecule has 0 saturated carbocycles. The van der Waals surface area contributed by atoms with Gasteiger partial charge in [-0.05, 0) is 27.2 Å². The van der Waals surface area contributed by atoms with Gasteiger partial charge in [0.1, 0.15) is 5.84 Å². The van der Waals surface area contributed by atoms with Gasteiger partial charge in [-0.1, -0.05) is 39.0 Å². The van der Waals surface area contributed by atoms with E-state index in [1.54, 1.807) is 0 Å². The number of hydrogen-bond acceptors (Lipinski definition) is 2. The summed E-state index contributed by atoms with van der Waals surface area (Å²) in [7, 11) is 0. The van der Waals surface area contributed by atoms with Gasteiger partial charge in [-0.2, -0.15) is 0 Å². The molecule has 0 fully saturated rings. The molecule has 0 heterocycles. The van der Waals surface area contributed by atoms with Crippen molar-refractivity contribution >= 4 is 5.84 Å². The first kappa shape index (κ1) is 15.4. The first-order chi connectivity index (χ1) is 7.49. The normalized spacial score (nSPS) is 12.9. The fourth-order valence-electron chi connectivity index (χ4n) is 1.64. The lowest BCUT2D eigenvalue weighted by Crippen LogP contribution is -2.32. The summed E-state index contributed by atoms with van der Waals surface area (Å²) in [6.07, 6.45) is 8.80. The van der Waals surface area contributed by atoms with Crippen molar-refractivity contribution in [3.63, 3.8) is 0 Å². The van der Waals surface area contributed by atoms with Crippen molar-refractivity contribution in [3.05, 3.63) is 0 Å². The molecular formula is C13H29N3. The van der Waals surface area contributed by atoms with E-state index in [0.29, 0.717) is 0 Å². The summed E-state index contributed by atoms with van der Waals surface area (Å²) in [5, 5.41) is 0. The standard InChI is InChI=1S/C13H29N3/c1-5-6-7-8-9-10-11-12(16-14)15-13(2,3)4/h5-11,14H2,1-4H3,(H,15,16). The van der Waals surface area contributed by atoms with Crippen LogP contribution in [0.4, 0.5) is 0 Å². The van der Waals surface area contributed by atoms with Gasteiger partial charge in [0.15, 0.2) is 0 Å². The van der Waals surface area contributed by atoms with Crippen LogP contribution in [-0.2, 0) is 0 Å². The number of unbranched alkanes of at least 4 members (excludes halogenated alkanes) is 5. The minimum Gasteiger partial charge on any atom is -0.312 e. The van der Waals surface area contributed by atoms with E-state index in [4.69, 9.17) is 5.84 Å². The maximum atomic E-state index is 5.46. The Balaban J connectivity index is 3.68. The molecule has 96 valence electrons. The minimum absolute atomic E-state index is 0.0378. The zero-order valence-corrected chi connectivity index (χ0v) is 11.5. The van der Waals surface area contributed by atoms with Gasteiger partial charge in [-0.15, -0.1) is 0 Å². The third kappa shape index (κ3) is 9.97. The smallest absolute Gasteiger partial charge is 0.111 e. The molecule has 0 aliphatic rings. The zero-order valence-electron chi connectivity index (χ0n) is 11.5. The SMILES string of the molecule is CCCCCCCCC(=NC(C)(C)C)NN. The van der Waals surface area contributed by atoms with Gasteiger partial charge in [0, 0.05) is 6.42 Å². The summed E-state index contributed by atoms with van der Waals surface area (Å²) in [5.41, 5.74) is 2.67. The van der Waals surface area contributed by atoms with Gasteiger partial charge in [0.05, 0.1) is 5.54 Å². The number of rotatable bonds is 7. The Morgan fingerprint density at radius 1 is 1.06 bits per heavy atom. The lowest BCUT2D eigenvalue weighted by atomic mass is 10.1. The van der Waals surface area contributed by atoms with Crippen LogP contribution in [0.25, 0.3) is 0 Å². The van der Waals surface area contributed by atoms with E-state index in [0.717, 1.165) is 12.3 Å². The summed E-state index contributed by atoms with van der Waals surface area (Å²) in [5.74, 6) is 6.39. The Bertz CT molecular complexity index is 192. The Morgan fingerprint density at radius 2 is 1.62 bits per heavy atom. The van der Waals surface area contributed by atoms with Crippen molar-refractivity contribution in [2.45, 2.75) is 78.2 Å². The highest BCUT2D eigenvalue weighted by molar-refractivity contribution is 5.81. The molecule has 0 aromatic heterocycles. The lowest BCUT2D eigenvalue weighted by molar-refractivity contribution is 0.570. The topological polar surface area (TPSA) is 50.4 Å². The van der Waals surface area contributed by atoms with Gasteiger partial charge >= 0.3 is 0 Å². The average Bonchev–Trinajstić information content (AvgIpc) is 2.19. The summed E-state index contributed by atoms with van der Waals surface area (Å²) >= 11 is 0. The van der Waals surface area contributed by atoms with Crippen LogP contribution >= 0.6 is 0 Å². The van der Waals surface area contributed by atoms with E-state index in [-0.39, 0.29) is 5.54 Å². The first-order valence-electron chi connectivity index (χ1n) is 6.55. The van der Waals surface area contributed by atoms with E-state index in [9.17, 15) is 0 Å². The molecule has 0 unspecified atom stereocenters. The van der Waals surface area contributed by atoms with E-state index in [2.05, 4.69) is 38.1 Å². The van der Waals surface area contributed by atoms with Crippen molar-refractivity contribution in [3.8, 4) is 0 Å². The first-order valence-corrected chi connectivity index (χ1v) is 6.55. The van der Waals surface area contributed by atoms with Gasteiger partial charge in [0.25, 0.3) is 0 Å². The predicted octanol–water partition coefficient (Wildman–Crippen LogP) is 3.40. The highest BCUT2D eigenvalue weighted by atomic mass is 15.3. The quantitative estimate of drug-likeness (QED) is 0.230. The van der Waals surface area contributed by atoms with Crippen LogP contribution in [0.5, 0.6) is 0 Å². The molecule has 0 bridgehead atoms. The van der Waals surface area contributed by atoms with Crippen LogP contribution < -0.4 is 11.3 Å². The molecule has 0 aliphatic heterocycles. The molecular weight excluding hydrogens is 198 g/mol. The van der Waals surface area contributed by atoms with E-state index < -0.39 is 0 Å². The Hall–Kier alpha value is -0.570. The summed E-state index contributed by atoms with van der Waals surface area (Å²) < 4.78 is 0. The number of nitrogens with zero attached hydrogens (tertiary/aromatic N) is 1. The van der Waals surface area contributed by atoms with Gasteiger partial charge in [0.2, 0.25) is 0 Å². The van der Waals surface area contributed by atoms with Crippen molar-refractivity contribution in [2.24, 2.45) is 10.8 Å². The Labute approximate surface area is 101 Å². The zero-order chi connectivity index (χ0) is 12.4. The second-order valence-electron chi connectivity index (χ2n) is 5.39. The second kappa shape index (κ2) is 8.57. The number of aliphatic imine (C=N–C) groups is 1. The highest BCUT2D eigenvalue weighted by Gasteiger charge is 2.08. The third-order valence-electron chi connectivity index (χ3n) is 2.40. The fraction of sp³-hybridized carbons (Fsp3) is 0.923. The predicted molar refractivity (Wildman–Crippen MR) is 72.5 cm³/mol. The minimum atomic E-state index is -0.0378. The fourth-order valence-corrected chi connectivity index (χ4v) is 1.64. The van der Waals surface area contributed by atoms with Gasteiger partial charge in [-0.25, -0.2) is 5.84 Å². The van der Waals surface area contributed by atoms with Crippen molar-refractivity contribution < 1.29 is 0 Å². The van der Waals surface area contributed by atoms with E-state index in [1.165, 1.54) is 38.5 Å². The molecule has 0 rings (SSSR count). The number of nitrogens with one attached hydrogen (secondary N) is 1. The second-order valence-corrected chi connectivity index (χ2v) is 5.39. The molecule has 0 radical (unpaired) electrons. The third-order valence-corrected chi connectivity index (χ3v) is 2.40. The Morgan fingerprint density at radius 3 is 2.12 bits per heavy atom. The molecule has 3 N–H and O–H groups in total. The van der Waals surface area contributed by atoms with Gasteiger partial charge in [-0.3, -0.25) is 4.99 Å². The number of nitrogens with two attached hydrogens (primary N) is 1. The summed E-state index contributed by atoms with van der Waals surface area (Å²) in [4.78, 5) is 4.54. The van der Waals surface area contributed by atoms with Crippen LogP contribution in [0.1, 0.15) is 72.6 Å². The maximum absolute atomic E-state index is 5.46. The molecule has 0 aliphatic carbocycles. The Kier molecular flexibility index (Phi) is 8.26. The summed E-state index contributed by atoms with van der Waals surface area (Å²) in [6, 6.07) is 0. The monoisotopic (exact) mass is 227 g/mol. The van der Waals surface area contributed by atoms with Crippen LogP contribution in [0.15, 0.2) is 4.99 Å². The van der Waals surface area contributed by atoms with E-state index in [1.807, 2.05) is 0 Å². The summed E-state index contributed by atoms with van der Waals surface area (Å²) in [6.45, 7) is 8.51. The molecule has 0 saturated heterocycles. The van der Waals surface area contributed by atoms with Crippen molar-refractivity contribution in [2.75, 3.05) is 0 Å². The molecule has 16 heavy (non-hydrogen) atoms. The van der Waals surface area contributed by atoms with Crippen LogP contribution in [0.3, 0.4) is 0 Å². The number of hydrazine groups is 1. The maximum Gasteiger partial charge on any atom is 0.111 e. The molecule has 0 aromatic carbocycles. The number of amidine groups is 1. The molecule has 0 atom stereocenters. The van der Waals surface area contributed by atoms with Gasteiger partial charge < -0.3 is 5.43 Å². The number of hydrogen-bond donors (Lipinski definition) is 2.